The van der Waals surface area contributed by atoms with Crippen LogP contribution in [0.1, 0.15) is 31.9 Å². The van der Waals surface area contributed by atoms with Gasteiger partial charge in [0, 0.05) is 36.4 Å². The van der Waals surface area contributed by atoms with Crippen LogP contribution in [0.15, 0.2) is 61.1 Å². The first kappa shape index (κ1) is 25.1. The quantitative estimate of drug-likeness (QED) is 0.307. The van der Waals surface area contributed by atoms with Crippen LogP contribution in [-0.4, -0.2) is 50.6 Å². The van der Waals surface area contributed by atoms with Crippen molar-refractivity contribution in [2.24, 2.45) is 11.3 Å². The van der Waals surface area contributed by atoms with Gasteiger partial charge in [0.15, 0.2) is 5.82 Å². The fraction of sp³-hybridized carbons (Fsp3) is 0.321. The largest absolute Gasteiger partial charge is 0.355 e. The van der Waals surface area contributed by atoms with Gasteiger partial charge in [0.2, 0.25) is 18.1 Å². The molecule has 3 aromatic heterocycles. The van der Waals surface area contributed by atoms with Crippen molar-refractivity contribution in [3.05, 3.63) is 72.7 Å². The Labute approximate surface area is 224 Å². The molecule has 0 bridgehead atoms. The lowest BCUT2D eigenvalue weighted by molar-refractivity contribution is -0.231. The minimum absolute atomic E-state index is 0.0739. The van der Waals surface area contributed by atoms with Crippen molar-refractivity contribution in [3.63, 3.8) is 0 Å². The Morgan fingerprint density at radius 1 is 1.05 bits per heavy atom. The number of nitrogens with one attached hydrogen (secondary N) is 3. The summed E-state index contributed by atoms with van der Waals surface area (Å²) in [5, 5.41) is 6.17. The van der Waals surface area contributed by atoms with E-state index in [-0.39, 0.29) is 24.9 Å². The Balaban J connectivity index is 1.26. The number of hydrogen-bond donors (Lipinski definition) is 3. The average molecular weight is 530 g/mol. The first-order valence-corrected chi connectivity index (χ1v) is 12.8. The average Bonchev–Trinajstić information content (AvgIpc) is 3.69. The molecule has 0 radical (unpaired) electrons. The van der Waals surface area contributed by atoms with E-state index in [2.05, 4.69) is 30.6 Å². The van der Waals surface area contributed by atoms with E-state index in [1.807, 2.05) is 19.1 Å². The molecule has 1 aliphatic heterocycles. The molecule has 200 valence electrons. The van der Waals surface area contributed by atoms with Gasteiger partial charge in [0.25, 0.3) is 0 Å². The molecule has 4 heterocycles. The van der Waals surface area contributed by atoms with Crippen molar-refractivity contribution in [2.75, 3.05) is 25.1 Å². The second-order valence-electron chi connectivity index (χ2n) is 10.1. The van der Waals surface area contributed by atoms with E-state index in [0.717, 1.165) is 18.5 Å². The fourth-order valence-electron chi connectivity index (χ4n) is 4.30. The zero-order chi connectivity index (χ0) is 26.8. The zero-order valence-electron chi connectivity index (χ0n) is 21.4. The number of imidazole rings is 1. The maximum atomic E-state index is 13.7. The van der Waals surface area contributed by atoms with Crippen molar-refractivity contribution in [1.82, 2.24) is 30.2 Å². The summed E-state index contributed by atoms with van der Waals surface area (Å²) >= 11 is 0. The Morgan fingerprint density at radius 3 is 2.51 bits per heavy atom. The molecule has 6 rings (SSSR count). The lowest BCUT2D eigenvalue weighted by atomic mass is 9.91. The summed E-state index contributed by atoms with van der Waals surface area (Å²) in [5.41, 5.74) is 2.41. The summed E-state index contributed by atoms with van der Waals surface area (Å²) in [6, 6.07) is 11.4. The van der Waals surface area contributed by atoms with Crippen LogP contribution in [0.5, 0.6) is 0 Å². The maximum absolute atomic E-state index is 13.7. The summed E-state index contributed by atoms with van der Waals surface area (Å²) in [6.07, 6.45) is 6.50. The van der Waals surface area contributed by atoms with Gasteiger partial charge < -0.3 is 25.1 Å². The highest BCUT2D eigenvalue weighted by Crippen LogP contribution is 2.36. The molecule has 2 fully saturated rings. The number of rotatable bonds is 8. The Morgan fingerprint density at radius 2 is 1.79 bits per heavy atom. The molecule has 0 atom stereocenters. The van der Waals surface area contributed by atoms with E-state index in [1.165, 1.54) is 12.1 Å². The summed E-state index contributed by atoms with van der Waals surface area (Å²) in [5.74, 6) is 0.977. The number of ether oxygens (including phenoxy) is 2. The topological polar surface area (TPSA) is 127 Å². The number of pyridine rings is 1. The van der Waals surface area contributed by atoms with Crippen molar-refractivity contribution in [3.8, 4) is 22.6 Å². The van der Waals surface area contributed by atoms with E-state index in [1.54, 1.807) is 36.8 Å². The van der Waals surface area contributed by atoms with E-state index >= 15 is 0 Å². The highest BCUT2D eigenvalue weighted by atomic mass is 19.1. The minimum Gasteiger partial charge on any atom is -0.355 e. The number of amides is 1. The minimum atomic E-state index is -0.807. The molecule has 1 saturated heterocycles. The second kappa shape index (κ2) is 10.5. The van der Waals surface area contributed by atoms with E-state index in [9.17, 15) is 9.18 Å². The van der Waals surface area contributed by atoms with Crippen molar-refractivity contribution in [1.29, 1.82) is 0 Å². The first-order chi connectivity index (χ1) is 19.0. The van der Waals surface area contributed by atoms with Crippen LogP contribution in [0.4, 0.5) is 16.0 Å². The normalized spacial score (nSPS) is 20.9. The molecule has 10 nitrogen and oxygen atoms in total. The molecular weight excluding hydrogens is 501 g/mol. The van der Waals surface area contributed by atoms with E-state index in [0.29, 0.717) is 46.9 Å². The van der Waals surface area contributed by atoms with Crippen molar-refractivity contribution < 1.29 is 18.7 Å². The standard InChI is InChI=1S/C28H28FN7O3/c1-28(26(37)32-14-17-2-3-17)15-38-25(39-16-28)24-35-22(18-4-6-19(29)7-5-18)23(36-24)21-10-13-31-27(34-21)33-20-8-11-30-12-9-20/h4-13,17,25H,2-3,14-16H2,1H3,(H,32,37)(H,35,36)(H,30,31,33,34). The highest BCUT2D eigenvalue weighted by molar-refractivity contribution is 5.82. The number of carbonyl (C=O) groups excluding carboxylic acids is 1. The molecular formula is C28H28FN7O3. The van der Waals surface area contributed by atoms with Gasteiger partial charge in [-0.1, -0.05) is 0 Å². The van der Waals surface area contributed by atoms with Crippen molar-refractivity contribution in [2.45, 2.75) is 26.1 Å². The van der Waals surface area contributed by atoms with Crippen LogP contribution in [0.25, 0.3) is 22.6 Å². The molecule has 0 spiro atoms. The summed E-state index contributed by atoms with van der Waals surface area (Å²) in [4.78, 5) is 33.8. The summed E-state index contributed by atoms with van der Waals surface area (Å²) in [6.45, 7) is 2.89. The number of carbonyl (C=O) groups is 1. The summed E-state index contributed by atoms with van der Waals surface area (Å²) < 4.78 is 25.7. The van der Waals surface area contributed by atoms with Crippen LogP contribution in [0.3, 0.4) is 0 Å². The summed E-state index contributed by atoms with van der Waals surface area (Å²) in [7, 11) is 0. The third-order valence-corrected chi connectivity index (χ3v) is 6.81. The predicted octanol–water partition coefficient (Wildman–Crippen LogP) is 4.39. The smallest absolute Gasteiger partial charge is 0.230 e. The molecule has 39 heavy (non-hydrogen) atoms. The number of hydrogen-bond acceptors (Lipinski definition) is 8. The monoisotopic (exact) mass is 529 g/mol. The molecule has 2 aliphatic rings. The Bertz CT molecular complexity index is 1450. The van der Waals surface area contributed by atoms with Crippen LogP contribution in [-0.2, 0) is 14.3 Å². The molecule has 1 saturated carbocycles. The molecule has 1 aliphatic carbocycles. The van der Waals surface area contributed by atoms with Gasteiger partial charge in [-0.3, -0.25) is 9.78 Å². The van der Waals surface area contributed by atoms with Gasteiger partial charge >= 0.3 is 0 Å². The SMILES string of the molecule is CC1(C(=O)NCC2CC2)COC(c2nc(-c3ccc(F)cc3)c(-c3ccnc(Nc4ccncc4)n3)[nH]2)OC1. The van der Waals surface area contributed by atoms with Crippen LogP contribution in [0, 0.1) is 17.2 Å². The van der Waals surface area contributed by atoms with Gasteiger partial charge in [-0.2, -0.15) is 0 Å². The first-order valence-electron chi connectivity index (χ1n) is 12.8. The third-order valence-electron chi connectivity index (χ3n) is 6.81. The van der Waals surface area contributed by atoms with Gasteiger partial charge in [-0.05, 0) is 68.1 Å². The van der Waals surface area contributed by atoms with Crippen LogP contribution >= 0.6 is 0 Å². The molecule has 1 amide bonds. The van der Waals surface area contributed by atoms with Crippen LogP contribution < -0.4 is 10.6 Å². The molecule has 3 N–H and O–H groups in total. The maximum Gasteiger partial charge on any atom is 0.230 e. The Hall–Kier alpha value is -4.22. The number of halogens is 1. The highest BCUT2D eigenvalue weighted by Gasteiger charge is 2.41. The zero-order valence-corrected chi connectivity index (χ0v) is 21.4. The van der Waals surface area contributed by atoms with Gasteiger partial charge in [0.05, 0.1) is 35.7 Å². The molecule has 0 unspecified atom stereocenters. The number of aromatic amines is 1. The van der Waals surface area contributed by atoms with E-state index < -0.39 is 11.7 Å². The van der Waals surface area contributed by atoms with Gasteiger partial charge in [-0.25, -0.2) is 19.3 Å². The molecule has 1 aromatic carbocycles. The van der Waals surface area contributed by atoms with Gasteiger partial charge in [-0.15, -0.1) is 0 Å². The number of nitrogens with zero attached hydrogens (tertiary/aromatic N) is 4. The third kappa shape index (κ3) is 5.64. The predicted molar refractivity (Wildman–Crippen MR) is 141 cm³/mol. The number of anilines is 2. The molecule has 11 heteroatoms. The fourth-order valence-corrected chi connectivity index (χ4v) is 4.30. The lowest BCUT2D eigenvalue weighted by Crippen LogP contribution is -2.49. The van der Waals surface area contributed by atoms with Gasteiger partial charge in [0.1, 0.15) is 5.82 Å². The number of aromatic nitrogens is 5. The van der Waals surface area contributed by atoms with Crippen LogP contribution in [0.2, 0.25) is 0 Å². The molecule has 4 aromatic rings. The lowest BCUT2D eigenvalue weighted by Gasteiger charge is -2.35. The van der Waals surface area contributed by atoms with Crippen molar-refractivity contribution >= 4 is 17.5 Å². The number of benzene rings is 1. The van der Waals surface area contributed by atoms with E-state index in [4.69, 9.17) is 14.5 Å². The number of H-pyrrole nitrogens is 1. The second-order valence-corrected chi connectivity index (χ2v) is 10.1. The Kier molecular flexibility index (Phi) is 6.76.